The fourth-order valence-electron chi connectivity index (χ4n) is 3.10. The minimum absolute atomic E-state index is 0.0153. The van der Waals surface area contributed by atoms with Gasteiger partial charge in [0.1, 0.15) is 5.15 Å². The Morgan fingerprint density at radius 2 is 1.68 bits per heavy atom. The van der Waals surface area contributed by atoms with Crippen LogP contribution in [0.5, 0.6) is 0 Å². The maximum Gasteiger partial charge on any atom is 0.357 e. The Bertz CT molecular complexity index is 1260. The zero-order valence-corrected chi connectivity index (χ0v) is 15.6. The lowest BCUT2D eigenvalue weighted by Crippen LogP contribution is -2.26. The predicted molar refractivity (Wildman–Crippen MR) is 105 cm³/mol. The molecule has 0 aliphatic rings. The molecule has 2 aromatic carbocycles. The van der Waals surface area contributed by atoms with Crippen molar-refractivity contribution in [2.75, 3.05) is 0 Å². The Morgan fingerprint density at radius 3 is 2.36 bits per heavy atom. The Kier molecular flexibility index (Phi) is 4.44. The second-order valence-corrected chi connectivity index (χ2v) is 6.62. The number of hydrogen-bond donors (Lipinski definition) is 1. The molecule has 4 rings (SSSR count). The van der Waals surface area contributed by atoms with Crippen LogP contribution in [0, 0.1) is 6.92 Å². The van der Waals surface area contributed by atoms with E-state index in [0.717, 1.165) is 10.4 Å². The first-order valence-corrected chi connectivity index (χ1v) is 8.87. The van der Waals surface area contributed by atoms with Crippen LogP contribution in [0.1, 0.15) is 21.7 Å². The highest BCUT2D eigenvalue weighted by molar-refractivity contribution is 6.30. The van der Waals surface area contributed by atoms with Crippen LogP contribution in [0.25, 0.3) is 16.5 Å². The molecule has 0 amide bonds. The van der Waals surface area contributed by atoms with E-state index in [-0.39, 0.29) is 17.8 Å². The van der Waals surface area contributed by atoms with E-state index in [4.69, 9.17) is 11.6 Å². The van der Waals surface area contributed by atoms with Crippen LogP contribution < -0.4 is 5.56 Å². The number of benzene rings is 2. The lowest BCUT2D eigenvalue weighted by molar-refractivity contribution is 0.0690. The Labute approximate surface area is 164 Å². The first-order chi connectivity index (χ1) is 13.5. The van der Waals surface area contributed by atoms with Gasteiger partial charge in [0.15, 0.2) is 5.69 Å². The summed E-state index contributed by atoms with van der Waals surface area (Å²) in [4.78, 5) is 24.5. The molecule has 0 bridgehead atoms. The SMILES string of the molecule is Cc1nn(-c2ccccc2)c(Cl)c1Cn1nc(C(=O)O)c2ccccc2c1=O. The number of aromatic carboxylic acids is 1. The summed E-state index contributed by atoms with van der Waals surface area (Å²) in [6, 6.07) is 15.9. The number of aryl methyl sites for hydroxylation is 1. The summed E-state index contributed by atoms with van der Waals surface area (Å²) in [6.45, 7) is 1.80. The molecule has 140 valence electrons. The molecular formula is C20H15ClN4O3. The number of aromatic nitrogens is 4. The van der Waals surface area contributed by atoms with E-state index in [1.165, 1.54) is 0 Å². The largest absolute Gasteiger partial charge is 0.476 e. The summed E-state index contributed by atoms with van der Waals surface area (Å²) in [5.74, 6) is -1.20. The van der Waals surface area contributed by atoms with Gasteiger partial charge in [-0.25, -0.2) is 14.2 Å². The van der Waals surface area contributed by atoms with Gasteiger partial charge in [0.05, 0.1) is 23.3 Å². The second-order valence-electron chi connectivity index (χ2n) is 6.26. The highest BCUT2D eigenvalue weighted by Crippen LogP contribution is 2.24. The molecule has 0 unspecified atom stereocenters. The summed E-state index contributed by atoms with van der Waals surface area (Å²) < 4.78 is 2.70. The van der Waals surface area contributed by atoms with Crippen molar-refractivity contribution < 1.29 is 9.90 Å². The second kappa shape index (κ2) is 6.94. The monoisotopic (exact) mass is 394 g/mol. The van der Waals surface area contributed by atoms with Crippen molar-refractivity contribution in [2.45, 2.75) is 13.5 Å². The molecule has 0 atom stereocenters. The lowest BCUT2D eigenvalue weighted by atomic mass is 10.1. The van der Waals surface area contributed by atoms with Crippen LogP contribution in [-0.2, 0) is 6.54 Å². The molecule has 7 nitrogen and oxygen atoms in total. The van der Waals surface area contributed by atoms with Gasteiger partial charge >= 0.3 is 5.97 Å². The molecule has 0 aliphatic heterocycles. The van der Waals surface area contributed by atoms with Crippen molar-refractivity contribution in [3.05, 3.63) is 87.1 Å². The summed E-state index contributed by atoms with van der Waals surface area (Å²) >= 11 is 6.53. The number of carboxylic acids is 1. The molecule has 0 spiro atoms. The van der Waals surface area contributed by atoms with Crippen LogP contribution in [0.4, 0.5) is 0 Å². The number of carboxylic acid groups (broad SMARTS) is 1. The van der Waals surface area contributed by atoms with E-state index in [0.29, 0.717) is 27.2 Å². The number of para-hydroxylation sites is 1. The van der Waals surface area contributed by atoms with Gasteiger partial charge in [-0.05, 0) is 25.1 Å². The maximum absolute atomic E-state index is 12.8. The summed E-state index contributed by atoms with van der Waals surface area (Å²) in [6.07, 6.45) is 0. The molecule has 0 saturated carbocycles. The van der Waals surface area contributed by atoms with E-state index in [9.17, 15) is 14.7 Å². The Balaban J connectivity index is 1.86. The van der Waals surface area contributed by atoms with Gasteiger partial charge in [-0.15, -0.1) is 0 Å². The van der Waals surface area contributed by atoms with Crippen molar-refractivity contribution in [3.8, 4) is 5.69 Å². The van der Waals surface area contributed by atoms with E-state index in [1.54, 1.807) is 35.9 Å². The van der Waals surface area contributed by atoms with Crippen molar-refractivity contribution in [2.24, 2.45) is 0 Å². The standard InChI is InChI=1S/C20H15ClN4O3/c1-12-16(18(21)25(22-12)13-7-3-2-4-8-13)11-24-19(26)15-10-6-5-9-14(15)17(23-24)20(27)28/h2-10H,11H2,1H3,(H,27,28). The third-order valence-electron chi connectivity index (χ3n) is 4.50. The highest BCUT2D eigenvalue weighted by Gasteiger charge is 2.19. The Hall–Kier alpha value is -3.45. The van der Waals surface area contributed by atoms with Gasteiger partial charge in [-0.2, -0.15) is 10.2 Å². The van der Waals surface area contributed by atoms with Gasteiger partial charge in [-0.1, -0.05) is 48.0 Å². The fourth-order valence-corrected chi connectivity index (χ4v) is 3.43. The van der Waals surface area contributed by atoms with Crippen molar-refractivity contribution >= 4 is 28.3 Å². The molecule has 0 saturated heterocycles. The van der Waals surface area contributed by atoms with Crippen LogP contribution in [0.3, 0.4) is 0 Å². The fraction of sp³-hybridized carbons (Fsp3) is 0.100. The van der Waals surface area contributed by atoms with Gasteiger partial charge < -0.3 is 5.11 Å². The maximum atomic E-state index is 12.8. The number of carbonyl (C=O) groups is 1. The van der Waals surface area contributed by atoms with Gasteiger partial charge in [-0.3, -0.25) is 4.79 Å². The predicted octanol–water partition coefficient (Wildman–Crippen LogP) is 3.29. The summed E-state index contributed by atoms with van der Waals surface area (Å²) in [5, 5.41) is 19.0. The third-order valence-corrected chi connectivity index (χ3v) is 4.89. The molecule has 0 aliphatic carbocycles. The van der Waals surface area contributed by atoms with Crippen LogP contribution >= 0.6 is 11.6 Å². The molecule has 1 N–H and O–H groups in total. The molecule has 2 heterocycles. The first-order valence-electron chi connectivity index (χ1n) is 8.50. The molecule has 2 aromatic heterocycles. The number of hydrogen-bond acceptors (Lipinski definition) is 4. The Morgan fingerprint density at radius 1 is 1.04 bits per heavy atom. The first kappa shape index (κ1) is 17.9. The van der Waals surface area contributed by atoms with E-state index < -0.39 is 5.97 Å². The zero-order valence-electron chi connectivity index (χ0n) is 14.8. The van der Waals surface area contributed by atoms with Crippen molar-refractivity contribution in [1.29, 1.82) is 0 Å². The minimum Gasteiger partial charge on any atom is -0.476 e. The number of fused-ring (bicyclic) bond motifs is 1. The van der Waals surface area contributed by atoms with Crippen LogP contribution in [-0.4, -0.2) is 30.6 Å². The van der Waals surface area contributed by atoms with E-state index >= 15 is 0 Å². The van der Waals surface area contributed by atoms with Gasteiger partial charge in [0, 0.05) is 10.9 Å². The van der Waals surface area contributed by atoms with E-state index in [2.05, 4.69) is 10.2 Å². The van der Waals surface area contributed by atoms with Gasteiger partial charge in [0.25, 0.3) is 5.56 Å². The molecular weight excluding hydrogens is 380 g/mol. The zero-order chi connectivity index (χ0) is 19.8. The number of rotatable bonds is 4. The highest BCUT2D eigenvalue weighted by atomic mass is 35.5. The molecule has 28 heavy (non-hydrogen) atoms. The summed E-state index contributed by atoms with van der Waals surface area (Å²) in [5.41, 5.74) is 1.45. The lowest BCUT2D eigenvalue weighted by Gasteiger charge is -2.09. The third kappa shape index (κ3) is 2.95. The van der Waals surface area contributed by atoms with Crippen molar-refractivity contribution in [1.82, 2.24) is 19.6 Å². The minimum atomic E-state index is -1.20. The smallest absolute Gasteiger partial charge is 0.357 e. The van der Waals surface area contributed by atoms with Crippen LogP contribution in [0.15, 0.2) is 59.4 Å². The average molecular weight is 395 g/mol. The molecule has 8 heteroatoms. The number of halogens is 1. The van der Waals surface area contributed by atoms with E-state index in [1.807, 2.05) is 30.3 Å². The average Bonchev–Trinajstić information content (AvgIpc) is 2.98. The summed E-state index contributed by atoms with van der Waals surface area (Å²) in [7, 11) is 0. The normalized spacial score (nSPS) is 11.1. The van der Waals surface area contributed by atoms with Crippen LogP contribution in [0.2, 0.25) is 5.15 Å². The number of nitrogens with zero attached hydrogens (tertiary/aromatic N) is 4. The molecule has 0 radical (unpaired) electrons. The quantitative estimate of drug-likeness (QED) is 0.573. The van der Waals surface area contributed by atoms with Gasteiger partial charge in [0.2, 0.25) is 0 Å². The molecule has 0 fully saturated rings. The molecule has 4 aromatic rings. The topological polar surface area (TPSA) is 90.0 Å². The van der Waals surface area contributed by atoms with Crippen molar-refractivity contribution in [3.63, 3.8) is 0 Å².